The third-order valence-electron chi connectivity index (χ3n) is 5.49. The number of benzene rings is 2. The molecular formula is C28H26Br2O10. The molecule has 2 atom stereocenters. The molecule has 0 radical (unpaired) electrons. The van der Waals surface area contributed by atoms with Crippen LogP contribution in [0.5, 0.6) is 11.5 Å². The summed E-state index contributed by atoms with van der Waals surface area (Å²) in [4.78, 5) is 71.1. The van der Waals surface area contributed by atoms with Crippen molar-refractivity contribution in [2.24, 2.45) is 11.8 Å². The first-order chi connectivity index (χ1) is 19.1. The number of halogens is 2. The normalized spacial score (nSPS) is 12.2. The minimum atomic E-state index is -0.886. The first kappa shape index (κ1) is 32.6. The Bertz CT molecular complexity index is 1190. The summed E-state index contributed by atoms with van der Waals surface area (Å²) in [5.74, 6) is -4.30. The van der Waals surface area contributed by atoms with Gasteiger partial charge in [-0.05, 0) is 49.2 Å². The van der Waals surface area contributed by atoms with Gasteiger partial charge in [-0.3, -0.25) is 19.2 Å². The average molecular weight is 682 g/mol. The largest absolute Gasteiger partial charge is 0.462 e. The molecule has 0 aliphatic carbocycles. The molecule has 2 aromatic carbocycles. The highest BCUT2D eigenvalue weighted by Crippen LogP contribution is 2.23. The maximum absolute atomic E-state index is 12.4. The Morgan fingerprint density at radius 3 is 1.40 bits per heavy atom. The van der Waals surface area contributed by atoms with Crippen molar-refractivity contribution in [2.45, 2.75) is 26.7 Å². The molecule has 0 N–H and O–H groups in total. The van der Waals surface area contributed by atoms with Gasteiger partial charge in [0.15, 0.2) is 12.6 Å². The highest BCUT2D eigenvalue weighted by molar-refractivity contribution is 9.10. The molecule has 0 aromatic heterocycles. The number of aldehydes is 2. The lowest BCUT2D eigenvalue weighted by molar-refractivity contribution is -0.149. The molecule has 2 rings (SSSR count). The Kier molecular flexibility index (Phi) is 13.4. The van der Waals surface area contributed by atoms with Crippen LogP contribution < -0.4 is 9.47 Å². The van der Waals surface area contributed by atoms with Crippen molar-refractivity contribution < 1.29 is 47.7 Å². The van der Waals surface area contributed by atoms with E-state index >= 15 is 0 Å². The molecule has 40 heavy (non-hydrogen) atoms. The number of esters is 4. The van der Waals surface area contributed by atoms with E-state index in [4.69, 9.17) is 18.9 Å². The molecule has 212 valence electrons. The predicted molar refractivity (Wildman–Crippen MR) is 149 cm³/mol. The summed E-state index contributed by atoms with van der Waals surface area (Å²) in [6, 6.07) is 8.94. The molecule has 0 saturated heterocycles. The van der Waals surface area contributed by atoms with Gasteiger partial charge in [-0.1, -0.05) is 45.7 Å². The van der Waals surface area contributed by atoms with Gasteiger partial charge in [-0.25, -0.2) is 9.59 Å². The van der Waals surface area contributed by atoms with E-state index in [1.165, 1.54) is 24.3 Å². The van der Waals surface area contributed by atoms with E-state index in [0.29, 0.717) is 45.5 Å². The number of ether oxygens (including phenoxy) is 4. The van der Waals surface area contributed by atoms with Crippen LogP contribution in [0.3, 0.4) is 0 Å². The zero-order chi connectivity index (χ0) is 29.7. The van der Waals surface area contributed by atoms with Crippen molar-refractivity contribution in [3.05, 3.63) is 68.6 Å². The molecule has 2 aromatic rings. The molecule has 0 bridgehead atoms. The van der Waals surface area contributed by atoms with Crippen molar-refractivity contribution >= 4 is 68.3 Å². The van der Waals surface area contributed by atoms with Crippen molar-refractivity contribution in [3.63, 3.8) is 0 Å². The summed E-state index contributed by atoms with van der Waals surface area (Å²) in [6.07, 6.45) is 3.52. The van der Waals surface area contributed by atoms with Crippen LogP contribution in [0.25, 0.3) is 0 Å². The summed E-state index contributed by atoms with van der Waals surface area (Å²) in [6.45, 7) is 2.82. The van der Waals surface area contributed by atoms with Gasteiger partial charge in [0.25, 0.3) is 0 Å². The number of carbonyl (C=O) groups is 6. The topological polar surface area (TPSA) is 139 Å². The molecule has 12 heteroatoms. The number of carbonyl (C=O) groups excluding carboxylic acids is 6. The van der Waals surface area contributed by atoms with Gasteiger partial charge >= 0.3 is 23.9 Å². The van der Waals surface area contributed by atoms with E-state index in [9.17, 15) is 28.8 Å². The van der Waals surface area contributed by atoms with Crippen molar-refractivity contribution in [2.75, 3.05) is 13.2 Å². The highest BCUT2D eigenvalue weighted by Gasteiger charge is 2.22. The van der Waals surface area contributed by atoms with E-state index < -0.39 is 35.7 Å². The second-order valence-corrected chi connectivity index (χ2v) is 9.96. The van der Waals surface area contributed by atoms with Gasteiger partial charge in [0.2, 0.25) is 0 Å². The first-order valence-corrected chi connectivity index (χ1v) is 13.6. The molecular weight excluding hydrogens is 656 g/mol. The molecule has 0 aliphatic rings. The third kappa shape index (κ3) is 10.2. The fraction of sp³-hybridized carbons (Fsp3) is 0.286. The standard InChI is InChI=1S/C28H26Br2O10/c1-3-17(27(35)39-21-5-7-23(29)19(11-21)13-31)15-37-25(33)9-10-26(34)38-16-18(4-2)28(36)40-22-6-8-24(30)20(12-22)14-32/h5-14,17-18H,3-4,15-16H2,1-2H3/b10-9-. The lowest BCUT2D eigenvalue weighted by atomic mass is 10.1. The summed E-state index contributed by atoms with van der Waals surface area (Å²) >= 11 is 6.42. The second-order valence-electron chi connectivity index (χ2n) is 8.25. The van der Waals surface area contributed by atoms with Crippen LogP contribution >= 0.6 is 31.9 Å². The fourth-order valence-corrected chi connectivity index (χ4v) is 3.73. The number of hydrogen-bond donors (Lipinski definition) is 0. The summed E-state index contributed by atoms with van der Waals surface area (Å²) in [5.41, 5.74) is 0.614. The zero-order valence-electron chi connectivity index (χ0n) is 21.6. The highest BCUT2D eigenvalue weighted by atomic mass is 79.9. The van der Waals surface area contributed by atoms with Gasteiger partial charge in [0, 0.05) is 32.2 Å². The van der Waals surface area contributed by atoms with Crippen molar-refractivity contribution in [1.82, 2.24) is 0 Å². The summed E-state index contributed by atoms with van der Waals surface area (Å²) in [5, 5.41) is 0. The van der Waals surface area contributed by atoms with Crippen LogP contribution in [0.1, 0.15) is 47.4 Å². The smallest absolute Gasteiger partial charge is 0.331 e. The average Bonchev–Trinajstić information content (AvgIpc) is 2.94. The molecule has 0 fully saturated rings. The molecule has 0 spiro atoms. The molecule has 2 unspecified atom stereocenters. The lowest BCUT2D eigenvalue weighted by Gasteiger charge is -2.14. The molecule has 0 saturated carbocycles. The van der Waals surface area contributed by atoms with E-state index in [-0.39, 0.29) is 24.7 Å². The molecule has 0 aliphatic heterocycles. The summed E-state index contributed by atoms with van der Waals surface area (Å²) < 4.78 is 21.7. The van der Waals surface area contributed by atoms with Gasteiger partial charge in [0.05, 0.1) is 11.8 Å². The van der Waals surface area contributed by atoms with Crippen LogP contribution in [0, 0.1) is 11.8 Å². The van der Waals surface area contributed by atoms with Gasteiger partial charge < -0.3 is 18.9 Å². The Morgan fingerprint density at radius 2 is 1.07 bits per heavy atom. The molecule has 10 nitrogen and oxygen atoms in total. The monoisotopic (exact) mass is 680 g/mol. The number of rotatable bonds is 14. The lowest BCUT2D eigenvalue weighted by Crippen LogP contribution is -2.26. The molecule has 0 heterocycles. The maximum Gasteiger partial charge on any atom is 0.331 e. The van der Waals surface area contributed by atoms with Crippen LogP contribution in [-0.4, -0.2) is 49.7 Å². The van der Waals surface area contributed by atoms with E-state index in [2.05, 4.69) is 31.9 Å². The fourth-order valence-electron chi connectivity index (χ4n) is 3.05. The van der Waals surface area contributed by atoms with E-state index in [1.807, 2.05) is 0 Å². The van der Waals surface area contributed by atoms with Crippen LogP contribution in [-0.2, 0) is 28.7 Å². The van der Waals surface area contributed by atoms with E-state index in [1.54, 1.807) is 26.0 Å². The Balaban J connectivity index is 1.82. The summed E-state index contributed by atoms with van der Waals surface area (Å²) in [7, 11) is 0. The van der Waals surface area contributed by atoms with Crippen molar-refractivity contribution in [1.29, 1.82) is 0 Å². The quantitative estimate of drug-likeness (QED) is 0.115. The minimum absolute atomic E-state index is 0.166. The van der Waals surface area contributed by atoms with Crippen LogP contribution in [0.15, 0.2) is 57.5 Å². The maximum atomic E-state index is 12.4. The first-order valence-electron chi connectivity index (χ1n) is 12.1. The third-order valence-corrected chi connectivity index (χ3v) is 6.93. The Labute approximate surface area is 247 Å². The van der Waals surface area contributed by atoms with Gasteiger partial charge in [-0.15, -0.1) is 0 Å². The predicted octanol–water partition coefficient (Wildman–Crippen LogP) is 5.04. The Hall–Kier alpha value is -3.64. The number of hydrogen-bond acceptors (Lipinski definition) is 10. The zero-order valence-corrected chi connectivity index (χ0v) is 24.8. The van der Waals surface area contributed by atoms with Gasteiger partial charge in [-0.2, -0.15) is 0 Å². The van der Waals surface area contributed by atoms with Crippen molar-refractivity contribution in [3.8, 4) is 11.5 Å². The Morgan fingerprint density at radius 1 is 0.700 bits per heavy atom. The second kappa shape index (κ2) is 16.5. The van der Waals surface area contributed by atoms with E-state index in [0.717, 1.165) is 12.2 Å². The molecule has 0 amide bonds. The minimum Gasteiger partial charge on any atom is -0.462 e. The van der Waals surface area contributed by atoms with Crippen LogP contribution in [0.2, 0.25) is 0 Å². The van der Waals surface area contributed by atoms with Crippen LogP contribution in [0.4, 0.5) is 0 Å². The SMILES string of the molecule is CCC(COC(=O)/C=C\C(=O)OCC(CC)C(=O)Oc1ccc(Br)c(C=O)c1)C(=O)Oc1ccc(Br)c(C=O)c1. The van der Waals surface area contributed by atoms with Gasteiger partial charge in [0.1, 0.15) is 24.7 Å².